The Morgan fingerprint density at radius 1 is 1.03 bits per heavy atom. The zero-order chi connectivity index (χ0) is 24.4. The predicted molar refractivity (Wildman–Crippen MR) is 96.0 cm³/mol. The number of nitrogens with one attached hydrogen (secondary N) is 1. The van der Waals surface area contributed by atoms with Crippen LogP contribution < -0.4 is 5.32 Å². The number of carboxylic acid groups (broad SMARTS) is 1. The Balaban J connectivity index is 2.46. The Morgan fingerprint density at radius 3 is 2.12 bits per heavy atom. The van der Waals surface area contributed by atoms with Gasteiger partial charge in [-0.1, -0.05) is 0 Å². The largest absolute Gasteiger partial charge is 0.479 e. The van der Waals surface area contributed by atoms with Crippen LogP contribution in [0.1, 0.15) is 6.92 Å². The summed E-state index contributed by atoms with van der Waals surface area (Å²) in [5.41, 5.74) is 0. The first kappa shape index (κ1) is 26.7. The Labute approximate surface area is 181 Å². The van der Waals surface area contributed by atoms with Crippen LogP contribution in [0.2, 0.25) is 0 Å². The van der Waals surface area contributed by atoms with Crippen LogP contribution in [-0.2, 0) is 43.1 Å². The molecule has 0 unspecified atom stereocenters. The van der Waals surface area contributed by atoms with E-state index in [1.165, 1.54) is 0 Å². The summed E-state index contributed by atoms with van der Waals surface area (Å²) >= 11 is 0. The molecule has 0 saturated carbocycles. The fourth-order valence-electron chi connectivity index (χ4n) is 3.38. The normalized spacial score (nSPS) is 40.6. The number of aliphatic hydroxyl groups excluding tert-OH is 4. The fraction of sp³-hybridized carbons (Fsp3) is 0.867. The average Bonchev–Trinajstić information content (AvgIpc) is 2.68. The molecule has 0 radical (unpaired) electrons. The van der Waals surface area contributed by atoms with E-state index in [1.54, 1.807) is 0 Å². The average molecular weight is 491 g/mol. The number of aliphatic carboxylic acids is 1. The first-order chi connectivity index (χ1) is 14.8. The third kappa shape index (κ3) is 6.08. The number of aliphatic hydroxyl groups is 4. The third-order valence-corrected chi connectivity index (χ3v) is 5.23. The number of hydrogen-bond acceptors (Lipinski definition) is 13. The molecule has 2 aliphatic rings. The lowest BCUT2D eigenvalue weighted by molar-refractivity contribution is -0.336. The number of ether oxygens (including phenoxy) is 4. The van der Waals surface area contributed by atoms with Crippen LogP contribution in [0, 0.1) is 0 Å². The second-order valence-corrected chi connectivity index (χ2v) is 8.06. The van der Waals surface area contributed by atoms with E-state index in [4.69, 9.17) is 23.5 Å². The Kier molecular flexibility index (Phi) is 8.87. The van der Waals surface area contributed by atoms with Crippen LogP contribution in [0.4, 0.5) is 0 Å². The summed E-state index contributed by atoms with van der Waals surface area (Å²) in [5.74, 6) is -2.40. The highest BCUT2D eigenvalue weighted by molar-refractivity contribution is 7.80. The van der Waals surface area contributed by atoms with Gasteiger partial charge in [-0.2, -0.15) is 8.42 Å². The van der Waals surface area contributed by atoms with Crippen LogP contribution in [0.15, 0.2) is 0 Å². The maximum Gasteiger partial charge on any atom is 0.397 e. The van der Waals surface area contributed by atoms with E-state index in [-0.39, 0.29) is 0 Å². The molecule has 2 saturated heterocycles. The third-order valence-electron chi connectivity index (χ3n) is 4.77. The topological polar surface area (TPSA) is 248 Å². The smallest absolute Gasteiger partial charge is 0.397 e. The highest BCUT2D eigenvalue weighted by atomic mass is 32.3. The summed E-state index contributed by atoms with van der Waals surface area (Å²) in [4.78, 5) is 23.0. The molecule has 1 amide bonds. The molecule has 16 nitrogen and oxygen atoms in total. The van der Waals surface area contributed by atoms with E-state index in [9.17, 15) is 43.5 Å². The van der Waals surface area contributed by atoms with Gasteiger partial charge in [-0.25, -0.2) is 8.98 Å². The minimum absolute atomic E-state index is 0.689. The van der Waals surface area contributed by atoms with E-state index in [0.717, 1.165) is 14.0 Å². The standard InChI is InChI=1S/C15H25NO15S/c1-4(18)16-6-11(10(31-32(24,25)26)5(3-17)28-14(6)27-2)29-15-9(21)7(19)8(20)12(30-15)13(22)23/h5-12,14-15,17,19-21H,3H2,1-2H3,(H,16,18)(H,22,23)(H,24,25,26)/t5-,6-,7+,8+,9-,10+,11-,12-,14-,15-/m1/s1. The van der Waals surface area contributed by atoms with Crippen molar-refractivity contribution in [1.29, 1.82) is 0 Å². The van der Waals surface area contributed by atoms with Gasteiger partial charge in [-0.05, 0) is 0 Å². The summed E-state index contributed by atoms with van der Waals surface area (Å²) in [6.07, 6.45) is -16.7. The number of rotatable bonds is 8. The van der Waals surface area contributed by atoms with Gasteiger partial charge in [0.25, 0.3) is 0 Å². The maximum absolute atomic E-state index is 11.7. The van der Waals surface area contributed by atoms with Gasteiger partial charge < -0.3 is 49.8 Å². The summed E-state index contributed by atoms with van der Waals surface area (Å²) in [7, 11) is -4.04. The highest BCUT2D eigenvalue weighted by Gasteiger charge is 2.54. The Bertz CT molecular complexity index is 777. The molecular formula is C15H25NO15S. The molecule has 0 aromatic carbocycles. The maximum atomic E-state index is 11.7. The highest BCUT2D eigenvalue weighted by Crippen LogP contribution is 2.31. The van der Waals surface area contributed by atoms with Gasteiger partial charge >= 0.3 is 16.4 Å². The molecule has 2 heterocycles. The van der Waals surface area contributed by atoms with Gasteiger partial charge in [-0.15, -0.1) is 0 Å². The molecule has 2 rings (SSSR count). The van der Waals surface area contributed by atoms with Crippen molar-refractivity contribution in [3.05, 3.63) is 0 Å². The monoisotopic (exact) mass is 491 g/mol. The second kappa shape index (κ2) is 10.6. The SMILES string of the molecule is CO[C@@H]1O[C@H](CO)[C@H](OS(=O)(=O)O)[C@H](O[C@@H]2O[C@@H](C(=O)O)[C@@H](O)[C@H](O)[C@H]2O)[C@H]1NC(C)=O. The molecular weight excluding hydrogens is 466 g/mol. The van der Waals surface area contributed by atoms with Crippen molar-refractivity contribution in [2.45, 2.75) is 68.3 Å². The quantitative estimate of drug-likeness (QED) is 0.158. The van der Waals surface area contributed by atoms with Crippen molar-refractivity contribution < 1.29 is 71.2 Å². The summed E-state index contributed by atoms with van der Waals surface area (Å²) in [6, 6.07) is -1.41. The first-order valence-corrected chi connectivity index (χ1v) is 10.5. The molecule has 32 heavy (non-hydrogen) atoms. The van der Waals surface area contributed by atoms with Gasteiger partial charge in [0, 0.05) is 14.0 Å². The number of methoxy groups -OCH3 is 1. The van der Waals surface area contributed by atoms with Crippen LogP contribution in [-0.4, -0.2) is 125 Å². The number of hydrogen-bond donors (Lipinski definition) is 7. The summed E-state index contributed by atoms with van der Waals surface area (Å²) in [5, 5.41) is 51.1. The zero-order valence-electron chi connectivity index (χ0n) is 16.7. The van der Waals surface area contributed by atoms with E-state index in [2.05, 4.69) is 9.50 Å². The molecule has 17 heteroatoms. The van der Waals surface area contributed by atoms with Crippen LogP contribution in [0.25, 0.3) is 0 Å². The first-order valence-electron chi connectivity index (χ1n) is 9.10. The molecule has 0 spiro atoms. The molecule has 0 aromatic rings. The lowest BCUT2D eigenvalue weighted by Crippen LogP contribution is -2.68. The van der Waals surface area contributed by atoms with Crippen molar-refractivity contribution in [1.82, 2.24) is 5.32 Å². The number of carbonyl (C=O) groups excluding carboxylic acids is 1. The van der Waals surface area contributed by atoms with Gasteiger partial charge in [0.15, 0.2) is 18.7 Å². The van der Waals surface area contributed by atoms with E-state index < -0.39 is 90.2 Å². The number of carboxylic acids is 1. The predicted octanol–water partition coefficient (Wildman–Crippen LogP) is -4.68. The number of carbonyl (C=O) groups is 2. The van der Waals surface area contributed by atoms with Crippen LogP contribution >= 0.6 is 0 Å². The van der Waals surface area contributed by atoms with E-state index in [0.29, 0.717) is 0 Å². The van der Waals surface area contributed by atoms with Crippen molar-refractivity contribution in [3.63, 3.8) is 0 Å². The van der Waals surface area contributed by atoms with Crippen molar-refractivity contribution in [3.8, 4) is 0 Å². The second-order valence-electron chi connectivity index (χ2n) is 7.01. The van der Waals surface area contributed by atoms with Gasteiger partial charge in [-0.3, -0.25) is 9.35 Å². The van der Waals surface area contributed by atoms with Gasteiger partial charge in [0.1, 0.15) is 42.7 Å². The Morgan fingerprint density at radius 2 is 1.66 bits per heavy atom. The summed E-state index contributed by atoms with van der Waals surface area (Å²) < 4.78 is 57.4. The van der Waals surface area contributed by atoms with E-state index in [1.807, 2.05) is 0 Å². The van der Waals surface area contributed by atoms with Crippen LogP contribution in [0.5, 0.6) is 0 Å². The zero-order valence-corrected chi connectivity index (χ0v) is 17.6. The molecule has 0 aromatic heterocycles. The molecule has 0 bridgehead atoms. The van der Waals surface area contributed by atoms with Crippen molar-refractivity contribution in [2.75, 3.05) is 13.7 Å². The summed E-state index contributed by atoms with van der Waals surface area (Å²) in [6.45, 7) is 0.187. The Hall–Kier alpha value is -1.51. The molecule has 2 fully saturated rings. The minimum Gasteiger partial charge on any atom is -0.479 e. The lowest BCUT2D eigenvalue weighted by atomic mass is 9.95. The van der Waals surface area contributed by atoms with Crippen LogP contribution in [0.3, 0.4) is 0 Å². The molecule has 186 valence electrons. The van der Waals surface area contributed by atoms with E-state index >= 15 is 0 Å². The van der Waals surface area contributed by atoms with Gasteiger partial charge in [0.05, 0.1) is 6.61 Å². The van der Waals surface area contributed by atoms with Gasteiger partial charge in [0.2, 0.25) is 5.91 Å². The molecule has 0 aliphatic carbocycles. The minimum atomic E-state index is -5.19. The van der Waals surface area contributed by atoms with Crippen molar-refractivity contribution >= 4 is 22.3 Å². The molecule has 7 N–H and O–H groups in total. The molecule has 2 aliphatic heterocycles. The van der Waals surface area contributed by atoms with Crippen molar-refractivity contribution in [2.24, 2.45) is 0 Å². The fourth-order valence-corrected chi connectivity index (χ4v) is 3.89. The molecule has 10 atom stereocenters. The number of amides is 1. The lowest BCUT2D eigenvalue weighted by Gasteiger charge is -2.47.